The molecule has 4 aromatic heterocycles. The second-order valence-electron chi connectivity index (χ2n) is 11.7. The Kier molecular flexibility index (Phi) is 10.0. The first-order valence-corrected chi connectivity index (χ1v) is 20.4. The number of aromatic carboxylic acids is 1. The number of benzene rings is 2. The van der Waals surface area contributed by atoms with Crippen molar-refractivity contribution in [3.05, 3.63) is 105 Å². The van der Waals surface area contributed by atoms with Crippen LogP contribution in [0.1, 0.15) is 59.7 Å². The van der Waals surface area contributed by atoms with Crippen molar-refractivity contribution >= 4 is 64.8 Å². The lowest BCUT2D eigenvalue weighted by Gasteiger charge is -2.40. The highest BCUT2D eigenvalue weighted by atomic mass is 32.5. The van der Waals surface area contributed by atoms with E-state index < -0.39 is 36.2 Å². The largest absolute Gasteiger partial charge is 0.477 e. The molecule has 4 heterocycles. The van der Waals surface area contributed by atoms with Crippen LogP contribution in [0.15, 0.2) is 70.7 Å². The van der Waals surface area contributed by atoms with Gasteiger partial charge in [0.05, 0.1) is 11.4 Å². The maximum Gasteiger partial charge on any atom is 0.354 e. The number of aryl methyl sites for hydroxylation is 5. The summed E-state index contributed by atoms with van der Waals surface area (Å²) in [5.74, 6) is -1.23. The van der Waals surface area contributed by atoms with Crippen LogP contribution in [0.5, 0.6) is 0 Å². The van der Waals surface area contributed by atoms with Crippen molar-refractivity contribution in [2.75, 3.05) is 0 Å². The Balaban J connectivity index is 0.000000196. The molecule has 0 spiro atoms. The van der Waals surface area contributed by atoms with Gasteiger partial charge in [-0.15, -0.1) is 22.7 Å². The van der Waals surface area contributed by atoms with Crippen LogP contribution in [0.2, 0.25) is 0 Å². The van der Waals surface area contributed by atoms with Gasteiger partial charge in [0.25, 0.3) is 0 Å². The summed E-state index contributed by atoms with van der Waals surface area (Å²) in [7, 11) is -19.3. The summed E-state index contributed by atoms with van der Waals surface area (Å²) in [6, 6.07) is 5.89. The number of hydrogen-bond acceptors (Lipinski definition) is 7. The average molecular weight is 840 g/mol. The average Bonchev–Trinajstić information content (AvgIpc) is 3.71. The minimum Gasteiger partial charge on any atom is -0.477 e. The van der Waals surface area contributed by atoms with Crippen LogP contribution in [0, 0.1) is 27.7 Å². The number of fused-ring (bicyclic) bond motifs is 2. The number of halogens is 10. The van der Waals surface area contributed by atoms with Crippen LogP contribution in [0.25, 0.3) is 9.92 Å². The number of carboxylic acid groups (broad SMARTS) is 1. The molecule has 0 aliphatic rings. The van der Waals surface area contributed by atoms with E-state index in [4.69, 9.17) is 10.8 Å². The quantitative estimate of drug-likeness (QED) is 0.116. The number of aromatic nitrogens is 4. The summed E-state index contributed by atoms with van der Waals surface area (Å²) in [5.41, 5.74) is 6.83. The minimum absolute atomic E-state index is 0.0238. The number of hydrogen-bond donors (Lipinski definition) is 2. The lowest BCUT2D eigenvalue weighted by molar-refractivity contribution is 0.0688. The number of carbonyl (C=O) groups is 2. The second kappa shape index (κ2) is 12.7. The van der Waals surface area contributed by atoms with Gasteiger partial charge in [0.1, 0.15) is 15.5 Å². The van der Waals surface area contributed by atoms with E-state index >= 15 is 0 Å². The Morgan fingerprint density at radius 2 is 1.11 bits per heavy atom. The van der Waals surface area contributed by atoms with Gasteiger partial charge in [0.2, 0.25) is 0 Å². The third kappa shape index (κ3) is 10.3. The topological polar surface area (TPSA) is 115 Å². The first-order valence-electron chi connectivity index (χ1n) is 14.9. The zero-order valence-electron chi connectivity index (χ0n) is 27.9. The molecule has 0 radical (unpaired) electrons. The molecular formula is C31H31F10N5O3S4. The number of nitrogens with two attached hydrogens (primary N) is 1. The fourth-order valence-corrected chi connectivity index (χ4v) is 8.11. The molecule has 0 aliphatic heterocycles. The van der Waals surface area contributed by atoms with E-state index in [1.54, 1.807) is 35.0 Å². The van der Waals surface area contributed by atoms with Crippen LogP contribution in [-0.2, 0) is 13.0 Å². The molecule has 8 nitrogen and oxygen atoms in total. The molecule has 0 saturated heterocycles. The zero-order valence-corrected chi connectivity index (χ0v) is 31.2. The highest BCUT2D eigenvalue weighted by molar-refractivity contribution is 8.46. The first kappa shape index (κ1) is 41.6. The molecule has 53 heavy (non-hydrogen) atoms. The monoisotopic (exact) mass is 839 g/mol. The molecule has 6 aromatic rings. The predicted molar refractivity (Wildman–Crippen MR) is 188 cm³/mol. The number of rotatable bonds is 8. The second-order valence-corrected chi connectivity index (χ2v) is 19.0. The summed E-state index contributed by atoms with van der Waals surface area (Å²) in [5, 5.41) is 8.91. The van der Waals surface area contributed by atoms with Crippen LogP contribution in [0.3, 0.4) is 0 Å². The van der Waals surface area contributed by atoms with Gasteiger partial charge in [-0.25, -0.2) is 14.8 Å². The Morgan fingerprint density at radius 3 is 1.55 bits per heavy atom. The molecule has 2 aromatic carbocycles. The van der Waals surface area contributed by atoms with Gasteiger partial charge < -0.3 is 10.8 Å². The van der Waals surface area contributed by atoms with Crippen molar-refractivity contribution in [1.82, 2.24) is 18.8 Å². The minimum atomic E-state index is -9.72. The molecule has 0 fully saturated rings. The third-order valence-electron chi connectivity index (χ3n) is 7.26. The normalized spacial score (nSPS) is 14.6. The Bertz CT molecular complexity index is 2370. The number of carboxylic acids is 1. The molecule has 0 unspecified atom stereocenters. The molecule has 292 valence electrons. The first-order chi connectivity index (χ1) is 23.9. The van der Waals surface area contributed by atoms with E-state index in [1.165, 1.54) is 34.8 Å². The number of thiazole rings is 2. The lowest BCUT2D eigenvalue weighted by atomic mass is 10.1. The molecule has 0 saturated carbocycles. The summed E-state index contributed by atoms with van der Waals surface area (Å²) in [6.07, 6.45) is 3.38. The van der Waals surface area contributed by atoms with Crippen LogP contribution in [-0.4, -0.2) is 35.6 Å². The van der Waals surface area contributed by atoms with E-state index in [0.29, 0.717) is 46.3 Å². The van der Waals surface area contributed by atoms with Gasteiger partial charge in [-0.2, -0.15) is 0 Å². The van der Waals surface area contributed by atoms with E-state index in [1.807, 2.05) is 13.8 Å². The van der Waals surface area contributed by atoms with Crippen molar-refractivity contribution in [3.63, 3.8) is 0 Å². The molecular weight excluding hydrogens is 809 g/mol. The highest BCUT2D eigenvalue weighted by Gasteiger charge is 2.66. The fraction of sp³-hybridized carbons (Fsp3) is 0.226. The Morgan fingerprint density at radius 1 is 0.698 bits per heavy atom. The van der Waals surface area contributed by atoms with Crippen LogP contribution >= 0.6 is 43.1 Å². The van der Waals surface area contributed by atoms with Gasteiger partial charge in [-0.05, 0) is 69.5 Å². The summed E-state index contributed by atoms with van der Waals surface area (Å²) >= 11 is 2.91. The molecule has 0 amide bonds. The van der Waals surface area contributed by atoms with Crippen LogP contribution in [0.4, 0.5) is 38.9 Å². The van der Waals surface area contributed by atoms with E-state index in [0.717, 1.165) is 26.8 Å². The van der Waals surface area contributed by atoms with Gasteiger partial charge >= 0.3 is 26.4 Å². The number of carbonyl (C=O) groups excluding carboxylic acids is 1. The Labute approximate surface area is 303 Å². The van der Waals surface area contributed by atoms with Crippen molar-refractivity contribution < 1.29 is 53.6 Å². The van der Waals surface area contributed by atoms with Crippen molar-refractivity contribution in [2.45, 2.75) is 56.9 Å². The standard InChI is InChI=1S/C16H15F5N2OS2.C8H8N2O2S.C7H8F5NS/c1-10-9-23-15(11(2)22-16(23)25-10)14(24)7-6-12-4-3-5-13(8-12)26(17,18,19,20)21;1-4-3-10-6(7(11)12)5(2)9-8(10)13-4;8-14(9,10,11,12)7-3-1-2-6(4-7)5-13/h3-5,8-9H,6-7H2,1-2H3;3H,1-2H3,(H,11,12);1-4H,5,13H2. The summed E-state index contributed by atoms with van der Waals surface area (Å²) in [6.45, 7) is 6.98. The van der Waals surface area contributed by atoms with Gasteiger partial charge in [0.15, 0.2) is 21.4 Å². The van der Waals surface area contributed by atoms with Crippen molar-refractivity contribution in [3.8, 4) is 0 Å². The van der Waals surface area contributed by atoms with Crippen molar-refractivity contribution in [2.24, 2.45) is 5.73 Å². The Hall–Kier alpha value is -4.12. The van der Waals surface area contributed by atoms with Crippen molar-refractivity contribution in [1.29, 1.82) is 0 Å². The predicted octanol–water partition coefficient (Wildman–Crippen LogP) is 12.0. The van der Waals surface area contributed by atoms with Crippen LogP contribution < -0.4 is 5.73 Å². The SMILES string of the molecule is Cc1cn2c(C(=O)CCc3cccc(S(F)(F)(F)(F)F)c3)c(C)nc2s1.Cc1cn2c(C(=O)O)c(C)nc2s1.NCc1cccc(S(F)(F)(F)(F)F)c1. The smallest absolute Gasteiger partial charge is 0.354 e. The molecule has 0 aliphatic carbocycles. The van der Waals surface area contributed by atoms with Gasteiger partial charge in [0, 0.05) is 35.1 Å². The maximum atomic E-state index is 12.9. The molecule has 0 atom stereocenters. The summed E-state index contributed by atoms with van der Waals surface area (Å²) in [4.78, 5) is 31.4. The fourth-order valence-electron chi connectivity index (χ4n) is 4.95. The molecule has 6 rings (SSSR count). The lowest BCUT2D eigenvalue weighted by Crippen LogP contribution is -2.08. The molecule has 0 bridgehead atoms. The number of ketones is 1. The highest BCUT2D eigenvalue weighted by Crippen LogP contribution is 3.02. The van der Waals surface area contributed by atoms with Gasteiger partial charge in [-0.3, -0.25) is 13.6 Å². The van der Waals surface area contributed by atoms with E-state index in [2.05, 4.69) is 9.97 Å². The van der Waals surface area contributed by atoms with E-state index in [9.17, 15) is 48.4 Å². The zero-order chi connectivity index (χ0) is 40.1. The maximum absolute atomic E-state index is 12.9. The molecule has 22 heteroatoms. The van der Waals surface area contributed by atoms with E-state index in [-0.39, 0.29) is 42.0 Å². The number of imidazole rings is 2. The van der Waals surface area contributed by atoms with Gasteiger partial charge in [-0.1, -0.05) is 63.1 Å². The third-order valence-corrected chi connectivity index (χ3v) is 11.3. The molecule has 3 N–H and O–H groups in total. The number of Topliss-reactive ketones (excluding diaryl/α,β-unsaturated/α-hetero) is 1. The summed E-state index contributed by atoms with van der Waals surface area (Å²) < 4.78 is 129. The number of nitrogens with zero attached hydrogens (tertiary/aromatic N) is 4.